The van der Waals surface area contributed by atoms with Crippen molar-refractivity contribution in [1.29, 1.82) is 0 Å². The molecule has 2 atom stereocenters. The highest BCUT2D eigenvalue weighted by Crippen LogP contribution is 2.72. The lowest BCUT2D eigenvalue weighted by molar-refractivity contribution is -0.145. The average molecular weight is 244 g/mol. The second kappa shape index (κ2) is 4.42. The van der Waals surface area contributed by atoms with Gasteiger partial charge >= 0.3 is 5.97 Å². The lowest BCUT2D eigenvalue weighted by atomic mass is 9.97. The molecule has 0 aromatic heterocycles. The van der Waals surface area contributed by atoms with E-state index in [1.165, 1.54) is 31.2 Å². The molecule has 18 heavy (non-hydrogen) atoms. The summed E-state index contributed by atoms with van der Waals surface area (Å²) in [5.74, 6) is 0.538. The summed E-state index contributed by atoms with van der Waals surface area (Å²) in [6, 6.07) is 10.5. The van der Waals surface area contributed by atoms with Crippen LogP contribution in [0.25, 0.3) is 0 Å². The van der Waals surface area contributed by atoms with E-state index in [-0.39, 0.29) is 17.3 Å². The Hall–Kier alpha value is -1.31. The minimum atomic E-state index is 0.0215. The molecule has 1 aromatic carbocycles. The lowest BCUT2D eigenvalue weighted by Gasteiger charge is -2.08. The summed E-state index contributed by atoms with van der Waals surface area (Å²) in [4.78, 5) is 12.1. The Morgan fingerprint density at radius 1 is 1.28 bits per heavy atom. The van der Waals surface area contributed by atoms with E-state index in [9.17, 15) is 4.79 Å². The average Bonchev–Trinajstić information content (AvgIpc) is 2.76. The van der Waals surface area contributed by atoms with E-state index < -0.39 is 0 Å². The number of hydrogen-bond donors (Lipinski definition) is 0. The molecular weight excluding hydrogens is 224 g/mol. The molecule has 0 bridgehead atoms. The van der Waals surface area contributed by atoms with Crippen LogP contribution in [0, 0.1) is 11.3 Å². The molecule has 1 aromatic rings. The Balaban J connectivity index is 1.87. The molecule has 2 nitrogen and oxygen atoms in total. The first-order valence-electron chi connectivity index (χ1n) is 7.01. The molecular formula is C16H20O2. The molecule has 0 saturated heterocycles. The molecule has 0 amide bonds. The third kappa shape index (κ3) is 1.66. The van der Waals surface area contributed by atoms with Crippen molar-refractivity contribution in [2.45, 2.75) is 38.5 Å². The summed E-state index contributed by atoms with van der Waals surface area (Å²) in [7, 11) is 0. The Kier molecular flexibility index (Phi) is 2.89. The molecule has 1 spiro atoms. The fourth-order valence-corrected chi connectivity index (χ4v) is 3.93. The Morgan fingerprint density at radius 2 is 1.94 bits per heavy atom. The molecule has 0 unspecified atom stereocenters. The van der Waals surface area contributed by atoms with Gasteiger partial charge in [0, 0.05) is 5.92 Å². The maximum atomic E-state index is 12.1. The van der Waals surface area contributed by atoms with E-state index in [0.29, 0.717) is 12.5 Å². The fourth-order valence-electron chi connectivity index (χ4n) is 3.93. The van der Waals surface area contributed by atoms with Crippen molar-refractivity contribution >= 4 is 5.97 Å². The summed E-state index contributed by atoms with van der Waals surface area (Å²) in [6.07, 6.45) is 4.91. The topological polar surface area (TPSA) is 26.3 Å². The summed E-state index contributed by atoms with van der Waals surface area (Å²) in [6.45, 7) is 2.38. The van der Waals surface area contributed by atoms with Gasteiger partial charge in [0.1, 0.15) is 0 Å². The summed E-state index contributed by atoms with van der Waals surface area (Å²) in [5, 5.41) is 0. The number of esters is 1. The number of carbonyl (C=O) groups excluding carboxylic acids is 1. The van der Waals surface area contributed by atoms with Crippen LogP contribution in [0.5, 0.6) is 0 Å². The van der Waals surface area contributed by atoms with Crippen molar-refractivity contribution in [3.8, 4) is 0 Å². The standard InChI is InChI=1S/C16H20O2/c1-2-18-15(17)14-13(12-8-4-3-5-9-12)16(14)10-6-7-11-16/h3-5,8-9,13-14H,2,6-7,10-11H2,1H3/t13-,14+/m1/s1. The van der Waals surface area contributed by atoms with Crippen LogP contribution in [-0.2, 0) is 9.53 Å². The molecule has 0 N–H and O–H groups in total. The van der Waals surface area contributed by atoms with Gasteiger partial charge in [0.05, 0.1) is 12.5 Å². The van der Waals surface area contributed by atoms with Crippen LogP contribution in [0.2, 0.25) is 0 Å². The molecule has 2 saturated carbocycles. The fraction of sp³-hybridized carbons (Fsp3) is 0.562. The van der Waals surface area contributed by atoms with Crippen LogP contribution in [-0.4, -0.2) is 12.6 Å². The van der Waals surface area contributed by atoms with E-state index in [1.54, 1.807) is 0 Å². The molecule has 2 aliphatic carbocycles. The van der Waals surface area contributed by atoms with Gasteiger partial charge in [-0.3, -0.25) is 4.79 Å². The van der Waals surface area contributed by atoms with Gasteiger partial charge < -0.3 is 4.74 Å². The second-order valence-corrected chi connectivity index (χ2v) is 5.56. The zero-order valence-corrected chi connectivity index (χ0v) is 10.9. The third-order valence-electron chi connectivity index (χ3n) is 4.70. The number of benzene rings is 1. The predicted molar refractivity (Wildman–Crippen MR) is 70.2 cm³/mol. The monoisotopic (exact) mass is 244 g/mol. The molecule has 0 radical (unpaired) electrons. The van der Waals surface area contributed by atoms with Crippen molar-refractivity contribution in [2.24, 2.45) is 11.3 Å². The Labute approximate surface area is 108 Å². The number of hydrogen-bond acceptors (Lipinski definition) is 2. The third-order valence-corrected chi connectivity index (χ3v) is 4.70. The molecule has 96 valence electrons. The van der Waals surface area contributed by atoms with E-state index in [1.807, 2.05) is 13.0 Å². The van der Waals surface area contributed by atoms with E-state index in [2.05, 4.69) is 24.3 Å². The molecule has 0 heterocycles. The first-order chi connectivity index (χ1) is 8.79. The second-order valence-electron chi connectivity index (χ2n) is 5.56. The largest absolute Gasteiger partial charge is 0.466 e. The van der Waals surface area contributed by atoms with Crippen molar-refractivity contribution in [3.63, 3.8) is 0 Å². The molecule has 2 heteroatoms. The van der Waals surface area contributed by atoms with Crippen molar-refractivity contribution in [1.82, 2.24) is 0 Å². The minimum absolute atomic E-state index is 0.0215. The molecule has 3 rings (SSSR count). The van der Waals surface area contributed by atoms with Gasteiger partial charge in [-0.1, -0.05) is 43.2 Å². The zero-order valence-electron chi connectivity index (χ0n) is 10.9. The van der Waals surface area contributed by atoms with E-state index >= 15 is 0 Å². The number of rotatable bonds is 3. The normalized spacial score (nSPS) is 28.3. The maximum Gasteiger partial charge on any atom is 0.310 e. The Morgan fingerprint density at radius 3 is 2.56 bits per heavy atom. The molecule has 0 aliphatic heterocycles. The number of ether oxygens (including phenoxy) is 1. The molecule has 2 fully saturated rings. The first kappa shape index (κ1) is 11.8. The van der Waals surface area contributed by atoms with E-state index in [0.717, 1.165) is 0 Å². The number of carbonyl (C=O) groups is 1. The van der Waals surface area contributed by atoms with Crippen LogP contribution in [0.4, 0.5) is 0 Å². The van der Waals surface area contributed by atoms with Gasteiger partial charge in [0.2, 0.25) is 0 Å². The minimum Gasteiger partial charge on any atom is -0.466 e. The maximum absolute atomic E-state index is 12.1. The van der Waals surface area contributed by atoms with Crippen molar-refractivity contribution < 1.29 is 9.53 Å². The van der Waals surface area contributed by atoms with Gasteiger partial charge in [0.15, 0.2) is 0 Å². The predicted octanol–water partition coefficient (Wildman–Crippen LogP) is 3.52. The zero-order chi connectivity index (χ0) is 12.6. The Bertz CT molecular complexity index is 432. The van der Waals surface area contributed by atoms with Crippen LogP contribution in [0.1, 0.15) is 44.1 Å². The lowest BCUT2D eigenvalue weighted by Crippen LogP contribution is -2.11. The smallest absolute Gasteiger partial charge is 0.310 e. The van der Waals surface area contributed by atoms with Crippen molar-refractivity contribution in [3.05, 3.63) is 35.9 Å². The highest BCUT2D eigenvalue weighted by atomic mass is 16.5. The van der Waals surface area contributed by atoms with Crippen LogP contribution in [0.3, 0.4) is 0 Å². The van der Waals surface area contributed by atoms with Crippen LogP contribution >= 0.6 is 0 Å². The highest BCUT2D eigenvalue weighted by molar-refractivity contribution is 5.80. The van der Waals surface area contributed by atoms with Crippen LogP contribution < -0.4 is 0 Å². The van der Waals surface area contributed by atoms with E-state index in [4.69, 9.17) is 4.74 Å². The van der Waals surface area contributed by atoms with Crippen molar-refractivity contribution in [2.75, 3.05) is 6.61 Å². The quantitative estimate of drug-likeness (QED) is 0.760. The van der Waals surface area contributed by atoms with Crippen LogP contribution in [0.15, 0.2) is 30.3 Å². The summed E-state index contributed by atoms with van der Waals surface area (Å²) < 4.78 is 5.27. The molecule has 2 aliphatic rings. The summed E-state index contributed by atoms with van der Waals surface area (Å²) in [5.41, 5.74) is 1.55. The van der Waals surface area contributed by atoms with Gasteiger partial charge in [-0.25, -0.2) is 0 Å². The van der Waals surface area contributed by atoms with Gasteiger partial charge in [-0.2, -0.15) is 0 Å². The van der Waals surface area contributed by atoms with Gasteiger partial charge in [-0.15, -0.1) is 0 Å². The van der Waals surface area contributed by atoms with Gasteiger partial charge in [-0.05, 0) is 30.7 Å². The van der Waals surface area contributed by atoms with Gasteiger partial charge in [0.25, 0.3) is 0 Å². The SMILES string of the molecule is CCOC(=O)[C@@H]1[C@@H](c2ccccc2)C12CCCC2. The summed E-state index contributed by atoms with van der Waals surface area (Å²) >= 11 is 0. The first-order valence-corrected chi connectivity index (χ1v) is 7.01. The highest BCUT2D eigenvalue weighted by Gasteiger charge is 2.69.